The number of hydrogen-bond donors (Lipinski definition) is 3. The molecule has 11 nitrogen and oxygen atoms in total. The molecule has 6 rings (SSSR count). The zero-order chi connectivity index (χ0) is 30.2. The average molecular weight is 592 g/mol. The molecule has 1 aromatic carbocycles. The van der Waals surface area contributed by atoms with Gasteiger partial charge in [-0.2, -0.15) is 0 Å². The van der Waals surface area contributed by atoms with Crippen molar-refractivity contribution in [2.24, 2.45) is 0 Å². The Morgan fingerprint density at radius 2 is 2.07 bits per heavy atom. The van der Waals surface area contributed by atoms with Gasteiger partial charge < -0.3 is 30.0 Å². The first-order valence-electron chi connectivity index (χ1n) is 14.7. The topological polar surface area (TPSA) is 141 Å². The van der Waals surface area contributed by atoms with Gasteiger partial charge in [-0.1, -0.05) is 6.92 Å². The summed E-state index contributed by atoms with van der Waals surface area (Å²) in [6, 6.07) is 3.30. The molecule has 0 spiro atoms. The van der Waals surface area contributed by atoms with Gasteiger partial charge >= 0.3 is 5.97 Å². The highest BCUT2D eigenvalue weighted by atomic mass is 19.1. The van der Waals surface area contributed by atoms with Crippen molar-refractivity contribution in [3.8, 4) is 11.4 Å². The number of aromatic nitrogens is 2. The normalized spacial score (nSPS) is 18.3. The van der Waals surface area contributed by atoms with Gasteiger partial charge in [0, 0.05) is 41.6 Å². The zero-order valence-corrected chi connectivity index (χ0v) is 24.2. The van der Waals surface area contributed by atoms with Crippen LogP contribution in [-0.2, 0) is 43.2 Å². The fraction of sp³-hybridized carbons (Fsp3) is 0.452. The molecule has 4 heterocycles. The number of pyridine rings is 2. The molecule has 0 bridgehead atoms. The van der Waals surface area contributed by atoms with Crippen LogP contribution in [0, 0.1) is 12.7 Å². The van der Waals surface area contributed by atoms with E-state index in [4.69, 9.17) is 14.5 Å². The van der Waals surface area contributed by atoms with Crippen LogP contribution in [0.3, 0.4) is 0 Å². The van der Waals surface area contributed by atoms with E-state index in [1.54, 1.807) is 11.5 Å². The third-order valence-corrected chi connectivity index (χ3v) is 8.79. The van der Waals surface area contributed by atoms with Gasteiger partial charge in [0.25, 0.3) is 5.56 Å². The Kier molecular flexibility index (Phi) is 7.97. The minimum absolute atomic E-state index is 0.0110. The molecule has 2 aliphatic heterocycles. The van der Waals surface area contributed by atoms with Gasteiger partial charge in [0.05, 0.1) is 49.1 Å². The second-order valence-corrected chi connectivity index (χ2v) is 11.1. The Labute approximate surface area is 247 Å². The lowest BCUT2D eigenvalue weighted by Crippen LogP contribution is -2.35. The molecule has 43 heavy (non-hydrogen) atoms. The van der Waals surface area contributed by atoms with Crippen molar-refractivity contribution in [2.45, 2.75) is 58.0 Å². The maximum absolute atomic E-state index is 15.1. The van der Waals surface area contributed by atoms with Crippen molar-refractivity contribution in [2.75, 3.05) is 33.0 Å². The molecule has 2 amide bonds. The second-order valence-electron chi connectivity index (χ2n) is 11.1. The lowest BCUT2D eigenvalue weighted by atomic mass is 9.81. The number of aryl methyl sites for hydroxylation is 1. The highest BCUT2D eigenvalue weighted by molar-refractivity contribution is 5.93. The summed E-state index contributed by atoms with van der Waals surface area (Å²) in [4.78, 5) is 53.5. The van der Waals surface area contributed by atoms with E-state index in [1.165, 1.54) is 6.07 Å². The van der Waals surface area contributed by atoms with Crippen molar-refractivity contribution >= 4 is 29.2 Å². The molecule has 0 radical (unpaired) electrons. The van der Waals surface area contributed by atoms with Gasteiger partial charge in [-0.05, 0) is 54.5 Å². The average Bonchev–Trinajstić information content (AvgIpc) is 3.28. The Hall–Kier alpha value is -4.16. The number of benzene rings is 1. The van der Waals surface area contributed by atoms with Crippen molar-refractivity contribution in [1.29, 1.82) is 0 Å². The predicted molar refractivity (Wildman–Crippen MR) is 155 cm³/mol. The maximum atomic E-state index is 15.1. The number of hydrogen-bond acceptors (Lipinski definition) is 8. The predicted octanol–water partition coefficient (Wildman–Crippen LogP) is 1.88. The molecule has 2 atom stereocenters. The first-order valence-corrected chi connectivity index (χ1v) is 14.7. The quantitative estimate of drug-likeness (QED) is 0.110. The number of carbonyl (C=O) groups excluding carboxylic acids is 3. The number of fused-ring (bicyclic) bond motifs is 5. The Balaban J connectivity index is 1.35. The van der Waals surface area contributed by atoms with E-state index < -0.39 is 5.92 Å². The van der Waals surface area contributed by atoms with Crippen molar-refractivity contribution in [1.82, 2.24) is 25.5 Å². The number of rotatable bonds is 10. The van der Waals surface area contributed by atoms with Gasteiger partial charge in [-0.3, -0.25) is 19.2 Å². The summed E-state index contributed by atoms with van der Waals surface area (Å²) in [5.41, 5.74) is 6.49. The molecule has 3 aromatic rings. The Morgan fingerprint density at radius 3 is 2.86 bits per heavy atom. The van der Waals surface area contributed by atoms with Crippen LogP contribution in [0.15, 0.2) is 16.9 Å². The summed E-state index contributed by atoms with van der Waals surface area (Å²) in [5, 5.41) is 9.36. The third kappa shape index (κ3) is 5.08. The number of nitrogens with zero attached hydrogens (tertiary/aromatic N) is 2. The second kappa shape index (κ2) is 11.8. The lowest BCUT2D eigenvalue weighted by Gasteiger charge is -2.30. The molecule has 226 valence electrons. The van der Waals surface area contributed by atoms with Crippen LogP contribution in [0.1, 0.15) is 65.1 Å². The number of ether oxygens (including phenoxy) is 2. The minimum atomic E-state index is -0.522. The maximum Gasteiger partial charge on any atom is 0.313 e. The summed E-state index contributed by atoms with van der Waals surface area (Å²) >= 11 is 0. The number of nitrogens with one attached hydrogen (secondary N) is 3. The molecule has 2 unspecified atom stereocenters. The van der Waals surface area contributed by atoms with E-state index in [-0.39, 0.29) is 49.2 Å². The van der Waals surface area contributed by atoms with Crippen LogP contribution >= 0.6 is 0 Å². The highest BCUT2D eigenvalue weighted by Crippen LogP contribution is 2.45. The van der Waals surface area contributed by atoms with Gasteiger partial charge in [-0.25, -0.2) is 9.37 Å². The molecule has 0 fully saturated rings. The zero-order valence-electron chi connectivity index (χ0n) is 24.2. The van der Waals surface area contributed by atoms with E-state index in [1.807, 2.05) is 13.0 Å². The largest absolute Gasteiger partial charge is 0.465 e. The Morgan fingerprint density at radius 1 is 1.23 bits per heavy atom. The van der Waals surface area contributed by atoms with Crippen LogP contribution in [0.2, 0.25) is 0 Å². The summed E-state index contributed by atoms with van der Waals surface area (Å²) in [7, 11) is 0. The van der Waals surface area contributed by atoms with Gasteiger partial charge in [-0.15, -0.1) is 0 Å². The molecular weight excluding hydrogens is 557 g/mol. The molecule has 12 heteroatoms. The smallest absolute Gasteiger partial charge is 0.313 e. The fourth-order valence-corrected chi connectivity index (χ4v) is 6.70. The van der Waals surface area contributed by atoms with Crippen molar-refractivity contribution in [3.63, 3.8) is 0 Å². The minimum Gasteiger partial charge on any atom is -0.465 e. The lowest BCUT2D eigenvalue weighted by molar-refractivity contribution is -0.145. The summed E-state index contributed by atoms with van der Waals surface area (Å²) < 4.78 is 27.8. The van der Waals surface area contributed by atoms with Crippen LogP contribution in [0.25, 0.3) is 22.3 Å². The fourth-order valence-electron chi connectivity index (χ4n) is 6.70. The number of carbonyl (C=O) groups is 3. The first kappa shape index (κ1) is 28.9. The molecule has 0 saturated carbocycles. The molecule has 0 saturated heterocycles. The molecule has 2 aromatic heterocycles. The molecule has 3 aliphatic rings. The van der Waals surface area contributed by atoms with Crippen LogP contribution in [0.4, 0.5) is 4.39 Å². The van der Waals surface area contributed by atoms with Crippen LogP contribution < -0.4 is 21.5 Å². The van der Waals surface area contributed by atoms with Crippen molar-refractivity contribution in [3.05, 3.63) is 61.7 Å². The summed E-state index contributed by atoms with van der Waals surface area (Å²) in [6.45, 7) is 4.92. The van der Waals surface area contributed by atoms with E-state index in [2.05, 4.69) is 16.0 Å². The Bertz CT molecular complexity index is 1700. The molecule has 3 N–H and O–H groups in total. The van der Waals surface area contributed by atoms with Gasteiger partial charge in [0.2, 0.25) is 12.3 Å². The van der Waals surface area contributed by atoms with Crippen LogP contribution in [-0.4, -0.2) is 60.9 Å². The number of cyclic esters (lactones) is 1. The van der Waals surface area contributed by atoms with Crippen molar-refractivity contribution < 1.29 is 28.2 Å². The summed E-state index contributed by atoms with van der Waals surface area (Å²) in [5.74, 6) is -1.50. The highest BCUT2D eigenvalue weighted by Gasteiger charge is 2.36. The number of halogens is 1. The van der Waals surface area contributed by atoms with Gasteiger partial charge in [0.1, 0.15) is 12.5 Å². The van der Waals surface area contributed by atoms with E-state index >= 15 is 4.39 Å². The van der Waals surface area contributed by atoms with E-state index in [0.717, 1.165) is 28.5 Å². The molecule has 1 aliphatic carbocycles. The van der Waals surface area contributed by atoms with E-state index in [9.17, 15) is 19.2 Å². The molecular formula is C31H34FN5O6. The standard InChI is InChI=1S/C31H34FN5O6/c1-3-17-20-10-25-29-21(13-37(25)30(40)19(20)6-8-43-31(17)41)28-23(34-7-9-42-15-35-26(39)12-33-14-38)5-4-18-16(2)22(32)11-24(36-29)27(18)28/h10-11,14,17,23,34H,3-9,12-13,15H2,1-2H3,(H,33,38)(H,35,39). The third-order valence-electron chi connectivity index (χ3n) is 8.79. The first-order chi connectivity index (χ1) is 20.8. The monoisotopic (exact) mass is 591 g/mol. The van der Waals surface area contributed by atoms with E-state index in [0.29, 0.717) is 79.0 Å². The summed E-state index contributed by atoms with van der Waals surface area (Å²) in [6.07, 6.45) is 2.73. The van der Waals surface area contributed by atoms with Gasteiger partial charge in [0.15, 0.2) is 0 Å². The SMILES string of the molecule is CCC1C(=O)OCCc2c1cc1n(c2=O)Cc2c-1nc1cc(F)c(C)c3c1c2C(NCCOCNC(=O)CNC=O)CC3. The van der Waals surface area contributed by atoms with Crippen LogP contribution in [0.5, 0.6) is 0 Å². The number of esters is 1. The number of amides is 2.